The van der Waals surface area contributed by atoms with Gasteiger partial charge in [-0.15, -0.1) is 11.3 Å². The Balaban J connectivity index is 1.49. The van der Waals surface area contributed by atoms with Crippen LogP contribution in [0, 0.1) is 0 Å². The Morgan fingerprint density at radius 1 is 1.06 bits per heavy atom. The molecule has 0 unspecified atom stereocenters. The van der Waals surface area contributed by atoms with Crippen LogP contribution in [0.15, 0.2) is 70.8 Å². The lowest BCUT2D eigenvalue weighted by Gasteiger charge is -2.12. The van der Waals surface area contributed by atoms with E-state index in [1.165, 1.54) is 5.41 Å². The quantitative estimate of drug-likeness (QED) is 0.440. The molecule has 152 valence electrons. The number of benzene rings is 2. The number of sulfone groups is 1. The van der Waals surface area contributed by atoms with Crippen molar-refractivity contribution in [2.45, 2.75) is 4.90 Å². The smallest absolute Gasteiger partial charge is 0.201 e. The predicted molar refractivity (Wildman–Crippen MR) is 122 cm³/mol. The van der Waals surface area contributed by atoms with Crippen molar-refractivity contribution in [3.8, 4) is 0 Å². The molecule has 6 rings (SSSR count). The summed E-state index contributed by atoms with van der Waals surface area (Å²) in [6, 6.07) is 11.4. The molecular formula is C22H15N5O2S2. The summed E-state index contributed by atoms with van der Waals surface area (Å²) in [5, 5.41) is 9.62. The van der Waals surface area contributed by atoms with Crippen LogP contribution in [0.25, 0.3) is 26.7 Å². The molecule has 4 heterocycles. The van der Waals surface area contributed by atoms with Crippen molar-refractivity contribution in [1.82, 2.24) is 19.7 Å². The highest BCUT2D eigenvalue weighted by atomic mass is 32.2. The van der Waals surface area contributed by atoms with Gasteiger partial charge in [0.1, 0.15) is 0 Å². The highest BCUT2D eigenvalue weighted by Crippen LogP contribution is 2.41. The van der Waals surface area contributed by atoms with Gasteiger partial charge in [-0.1, -0.05) is 0 Å². The normalized spacial score (nSPS) is 14.7. The monoisotopic (exact) mass is 445 g/mol. The van der Waals surface area contributed by atoms with Gasteiger partial charge in [0.2, 0.25) is 9.84 Å². The zero-order valence-corrected chi connectivity index (χ0v) is 17.9. The second-order valence-corrected chi connectivity index (χ2v) is 10.0. The first kappa shape index (κ1) is 18.2. The maximum Gasteiger partial charge on any atom is 0.201 e. The van der Waals surface area contributed by atoms with Crippen molar-refractivity contribution in [2.24, 2.45) is 7.05 Å². The first-order chi connectivity index (χ1) is 15.0. The molecule has 0 bridgehead atoms. The second kappa shape index (κ2) is 6.47. The molecule has 3 aromatic heterocycles. The molecule has 1 N–H and O–H groups in total. The molecule has 0 fully saturated rings. The molecule has 1 aliphatic rings. The minimum atomic E-state index is -3.56. The van der Waals surface area contributed by atoms with Crippen molar-refractivity contribution in [2.75, 3.05) is 5.32 Å². The Labute approximate surface area is 181 Å². The van der Waals surface area contributed by atoms with E-state index in [9.17, 15) is 8.42 Å². The lowest BCUT2D eigenvalue weighted by molar-refractivity contribution is 0.605. The van der Waals surface area contributed by atoms with Crippen LogP contribution in [0.3, 0.4) is 0 Å². The number of hydrogen-bond acceptors (Lipinski definition) is 7. The van der Waals surface area contributed by atoms with E-state index < -0.39 is 9.84 Å². The fraction of sp³-hybridized carbons (Fsp3) is 0.0455. The van der Waals surface area contributed by atoms with Crippen LogP contribution in [-0.2, 0) is 16.9 Å². The van der Waals surface area contributed by atoms with Crippen LogP contribution >= 0.6 is 11.3 Å². The summed E-state index contributed by atoms with van der Waals surface area (Å²) in [4.78, 5) is 9.13. The third-order valence-corrected chi connectivity index (χ3v) is 7.64. The number of aromatic nitrogens is 4. The van der Waals surface area contributed by atoms with Gasteiger partial charge in [0.25, 0.3) is 0 Å². The molecule has 0 amide bonds. The number of nitrogens with zero attached hydrogens (tertiary/aromatic N) is 4. The van der Waals surface area contributed by atoms with Gasteiger partial charge < -0.3 is 5.32 Å². The molecule has 5 aromatic rings. The van der Waals surface area contributed by atoms with Gasteiger partial charge in [-0.05, 0) is 36.4 Å². The third kappa shape index (κ3) is 2.93. The molecule has 0 saturated heterocycles. The maximum absolute atomic E-state index is 12.9. The van der Waals surface area contributed by atoms with Crippen LogP contribution in [0.4, 0.5) is 11.4 Å². The zero-order valence-electron chi connectivity index (χ0n) is 16.3. The first-order valence-electron chi connectivity index (χ1n) is 9.47. The third-order valence-electron chi connectivity index (χ3n) is 5.34. The van der Waals surface area contributed by atoms with E-state index in [4.69, 9.17) is 0 Å². The number of pyridine rings is 1. The minimum absolute atomic E-state index is 0.282. The number of anilines is 2. The standard InChI is InChI=1S/C22H15N5O2S2/c1-27-10-13(9-25-27)17-11-31(28,29)22-8-16-18(4-5-23-19(16)7-15(17)22)26-14-2-3-21-20(6-14)24-12-30-21/h2-12H,1H3,(H,23,26). The van der Waals surface area contributed by atoms with Crippen molar-refractivity contribution < 1.29 is 8.42 Å². The highest BCUT2D eigenvalue weighted by molar-refractivity contribution is 7.95. The van der Waals surface area contributed by atoms with Crippen LogP contribution in [0.2, 0.25) is 0 Å². The lowest BCUT2D eigenvalue weighted by Crippen LogP contribution is -1.97. The van der Waals surface area contributed by atoms with Crippen LogP contribution < -0.4 is 5.32 Å². The Bertz CT molecular complexity index is 1650. The highest BCUT2D eigenvalue weighted by Gasteiger charge is 2.29. The SMILES string of the molecule is Cn1cc(C2=CS(=O)(=O)c3cc4c(Nc5ccc6scnc6c5)ccnc4cc32)cn1. The van der Waals surface area contributed by atoms with Gasteiger partial charge >= 0.3 is 0 Å². The van der Waals surface area contributed by atoms with Crippen molar-refractivity contribution >= 4 is 59.2 Å². The summed E-state index contributed by atoms with van der Waals surface area (Å²) in [6.07, 6.45) is 5.19. The Morgan fingerprint density at radius 3 is 2.81 bits per heavy atom. The molecule has 9 heteroatoms. The molecule has 0 spiro atoms. The Kier molecular flexibility index (Phi) is 3.80. The Morgan fingerprint density at radius 2 is 1.97 bits per heavy atom. The van der Waals surface area contributed by atoms with Crippen molar-refractivity contribution in [3.63, 3.8) is 0 Å². The molecule has 0 aliphatic carbocycles. The fourth-order valence-corrected chi connectivity index (χ4v) is 6.00. The van der Waals surface area contributed by atoms with E-state index >= 15 is 0 Å². The van der Waals surface area contributed by atoms with E-state index in [0.29, 0.717) is 16.7 Å². The van der Waals surface area contributed by atoms with E-state index in [0.717, 1.165) is 32.5 Å². The zero-order chi connectivity index (χ0) is 21.2. The number of thiazole rings is 1. The van der Waals surface area contributed by atoms with Crippen LogP contribution in [0.5, 0.6) is 0 Å². The van der Waals surface area contributed by atoms with Gasteiger partial charge in [0.05, 0.1) is 32.3 Å². The molecule has 7 nitrogen and oxygen atoms in total. The number of rotatable bonds is 3. The molecule has 0 radical (unpaired) electrons. The maximum atomic E-state index is 12.9. The van der Waals surface area contributed by atoms with Gasteiger partial charge in [0.15, 0.2) is 0 Å². The summed E-state index contributed by atoms with van der Waals surface area (Å²) in [5.41, 5.74) is 7.16. The average molecular weight is 446 g/mol. The molecular weight excluding hydrogens is 430 g/mol. The first-order valence-corrected chi connectivity index (χ1v) is 11.9. The van der Waals surface area contributed by atoms with E-state index in [2.05, 4.69) is 20.4 Å². The lowest BCUT2D eigenvalue weighted by atomic mass is 10.0. The second-order valence-electron chi connectivity index (χ2n) is 7.36. The predicted octanol–water partition coefficient (Wildman–Crippen LogP) is 4.50. The van der Waals surface area contributed by atoms with Gasteiger partial charge in [0, 0.05) is 58.3 Å². The van der Waals surface area contributed by atoms with E-state index in [1.54, 1.807) is 47.7 Å². The van der Waals surface area contributed by atoms with E-state index in [-0.39, 0.29) is 4.90 Å². The minimum Gasteiger partial charge on any atom is -0.355 e. The Hall–Kier alpha value is -3.56. The fourth-order valence-electron chi connectivity index (χ4n) is 3.88. The summed E-state index contributed by atoms with van der Waals surface area (Å²) in [5.74, 6) is 0. The molecule has 2 aromatic carbocycles. The summed E-state index contributed by atoms with van der Waals surface area (Å²) in [6.45, 7) is 0. The van der Waals surface area contributed by atoms with Crippen molar-refractivity contribution in [1.29, 1.82) is 0 Å². The molecule has 0 atom stereocenters. The van der Waals surface area contributed by atoms with Crippen LogP contribution in [0.1, 0.15) is 11.1 Å². The largest absolute Gasteiger partial charge is 0.355 e. The number of aryl methyl sites for hydroxylation is 1. The molecule has 1 aliphatic heterocycles. The van der Waals surface area contributed by atoms with Gasteiger partial charge in [-0.2, -0.15) is 5.10 Å². The summed E-state index contributed by atoms with van der Waals surface area (Å²) >= 11 is 1.59. The van der Waals surface area contributed by atoms with Gasteiger partial charge in [-0.3, -0.25) is 9.67 Å². The van der Waals surface area contributed by atoms with Crippen molar-refractivity contribution in [3.05, 3.63) is 77.0 Å². The number of nitrogens with one attached hydrogen (secondary N) is 1. The van der Waals surface area contributed by atoms with E-state index in [1.807, 2.05) is 35.8 Å². The average Bonchev–Trinajstić information content (AvgIpc) is 3.45. The topological polar surface area (TPSA) is 89.8 Å². The summed E-state index contributed by atoms with van der Waals surface area (Å²) < 4.78 is 28.6. The van der Waals surface area contributed by atoms with Gasteiger partial charge in [-0.25, -0.2) is 13.4 Å². The number of fused-ring (bicyclic) bond motifs is 3. The van der Waals surface area contributed by atoms with Crippen LogP contribution in [-0.4, -0.2) is 28.2 Å². The molecule has 31 heavy (non-hydrogen) atoms. The summed E-state index contributed by atoms with van der Waals surface area (Å²) in [7, 11) is -1.76. The number of hydrogen-bond donors (Lipinski definition) is 1. The molecule has 0 saturated carbocycles.